The highest BCUT2D eigenvalue weighted by Crippen LogP contribution is 2.26. The summed E-state index contributed by atoms with van der Waals surface area (Å²) in [4.78, 5) is 25.2. The highest BCUT2D eigenvalue weighted by Gasteiger charge is 2.27. The van der Waals surface area contributed by atoms with E-state index >= 15 is 0 Å². The third kappa shape index (κ3) is 3.46. The Kier molecular flexibility index (Phi) is 4.48. The fourth-order valence-corrected chi connectivity index (χ4v) is 2.57. The van der Waals surface area contributed by atoms with Crippen LogP contribution >= 0.6 is 0 Å². The monoisotopic (exact) mass is 304 g/mol. The summed E-state index contributed by atoms with van der Waals surface area (Å²) in [6, 6.07) is 21.7. The van der Waals surface area contributed by atoms with Crippen LogP contribution < -0.4 is 0 Å². The summed E-state index contributed by atoms with van der Waals surface area (Å²) in [5.74, 6) is -0.500. The van der Waals surface area contributed by atoms with Gasteiger partial charge in [0.15, 0.2) is 11.5 Å². The zero-order valence-corrected chi connectivity index (χ0v) is 12.5. The number of hydrogen-bond donors (Lipinski definition) is 0. The predicted octanol–water partition coefficient (Wildman–Crippen LogP) is 4.52. The maximum atomic E-state index is 12.7. The lowest BCUT2D eigenvalue weighted by Gasteiger charge is -2.14. The average molecular weight is 304 g/mol. The van der Waals surface area contributed by atoms with Crippen molar-refractivity contribution in [1.29, 1.82) is 0 Å². The topological polar surface area (TPSA) is 47.3 Å². The number of Topliss-reactive ketones (excluding diaryl/α,β-unsaturated/α-hetero) is 2. The van der Waals surface area contributed by atoms with Crippen LogP contribution in [0.4, 0.5) is 0 Å². The first-order chi connectivity index (χ1) is 11.3. The molecule has 3 aromatic rings. The molecule has 3 nitrogen and oxygen atoms in total. The molecule has 114 valence electrons. The van der Waals surface area contributed by atoms with Gasteiger partial charge in [-0.15, -0.1) is 0 Å². The molecular weight excluding hydrogens is 288 g/mol. The van der Waals surface area contributed by atoms with E-state index in [9.17, 15) is 9.59 Å². The van der Waals surface area contributed by atoms with Gasteiger partial charge in [-0.1, -0.05) is 60.7 Å². The summed E-state index contributed by atoms with van der Waals surface area (Å²) in [5.41, 5.74) is 1.43. The number of rotatable bonds is 6. The Balaban J connectivity index is 1.90. The Hall–Kier alpha value is -2.94. The van der Waals surface area contributed by atoms with E-state index in [0.717, 1.165) is 5.56 Å². The Bertz CT molecular complexity index is 774. The van der Waals surface area contributed by atoms with Gasteiger partial charge in [0.2, 0.25) is 5.78 Å². The summed E-state index contributed by atoms with van der Waals surface area (Å²) < 4.78 is 5.22. The summed E-state index contributed by atoms with van der Waals surface area (Å²) in [6.45, 7) is 0. The number of furan rings is 1. The lowest BCUT2D eigenvalue weighted by Crippen LogP contribution is -2.17. The molecule has 0 unspecified atom stereocenters. The Labute approximate surface area is 134 Å². The minimum Gasteiger partial charge on any atom is -0.461 e. The molecule has 2 aromatic carbocycles. The SMILES string of the molecule is O=C(C[C@@H](C(=O)c1ccco1)c1ccccc1)c1ccccc1. The Morgan fingerprint density at radius 2 is 1.48 bits per heavy atom. The van der Waals surface area contributed by atoms with Gasteiger partial charge in [-0.25, -0.2) is 0 Å². The molecule has 0 spiro atoms. The quantitative estimate of drug-likeness (QED) is 0.629. The Morgan fingerprint density at radius 1 is 0.826 bits per heavy atom. The number of ketones is 2. The van der Waals surface area contributed by atoms with E-state index in [-0.39, 0.29) is 23.7 Å². The van der Waals surface area contributed by atoms with Gasteiger partial charge in [0.05, 0.1) is 12.2 Å². The zero-order valence-electron chi connectivity index (χ0n) is 12.5. The van der Waals surface area contributed by atoms with Gasteiger partial charge in [0.1, 0.15) is 0 Å². The molecule has 0 radical (unpaired) electrons. The van der Waals surface area contributed by atoms with Crippen molar-refractivity contribution in [3.63, 3.8) is 0 Å². The molecule has 1 atom stereocenters. The second kappa shape index (κ2) is 6.88. The van der Waals surface area contributed by atoms with Gasteiger partial charge in [0.25, 0.3) is 0 Å². The molecule has 3 heteroatoms. The third-order valence-corrected chi connectivity index (χ3v) is 3.77. The van der Waals surface area contributed by atoms with Gasteiger partial charge in [-0.05, 0) is 17.7 Å². The molecule has 1 heterocycles. The minimum absolute atomic E-state index is 0.0561. The fourth-order valence-electron chi connectivity index (χ4n) is 2.57. The van der Waals surface area contributed by atoms with E-state index in [2.05, 4.69) is 0 Å². The van der Waals surface area contributed by atoms with E-state index in [1.807, 2.05) is 48.5 Å². The highest BCUT2D eigenvalue weighted by atomic mass is 16.3. The maximum Gasteiger partial charge on any atom is 0.205 e. The smallest absolute Gasteiger partial charge is 0.205 e. The molecule has 3 rings (SSSR count). The molecule has 0 fully saturated rings. The normalized spacial score (nSPS) is 11.8. The summed E-state index contributed by atoms with van der Waals surface area (Å²) in [6.07, 6.45) is 1.59. The molecule has 0 bridgehead atoms. The summed E-state index contributed by atoms with van der Waals surface area (Å²) in [7, 11) is 0. The van der Waals surface area contributed by atoms with Crippen molar-refractivity contribution in [2.24, 2.45) is 0 Å². The van der Waals surface area contributed by atoms with Crippen LogP contribution in [-0.4, -0.2) is 11.6 Å². The second-order valence-corrected chi connectivity index (χ2v) is 5.30. The minimum atomic E-state index is -0.546. The zero-order chi connectivity index (χ0) is 16.1. The van der Waals surface area contributed by atoms with E-state index < -0.39 is 5.92 Å². The molecule has 0 aliphatic rings. The lowest BCUT2D eigenvalue weighted by atomic mass is 9.87. The first kappa shape index (κ1) is 15.0. The fraction of sp³-hybridized carbons (Fsp3) is 0.100. The number of hydrogen-bond acceptors (Lipinski definition) is 3. The van der Waals surface area contributed by atoms with Gasteiger partial charge in [0, 0.05) is 12.0 Å². The number of carbonyl (C=O) groups excluding carboxylic acids is 2. The van der Waals surface area contributed by atoms with Crippen molar-refractivity contribution in [1.82, 2.24) is 0 Å². The molecule has 0 N–H and O–H groups in total. The second-order valence-electron chi connectivity index (χ2n) is 5.30. The molecule has 0 aliphatic heterocycles. The van der Waals surface area contributed by atoms with Gasteiger partial charge in [-0.3, -0.25) is 9.59 Å². The van der Waals surface area contributed by atoms with Crippen LogP contribution in [0.1, 0.15) is 38.8 Å². The van der Waals surface area contributed by atoms with E-state index in [1.54, 1.807) is 24.3 Å². The van der Waals surface area contributed by atoms with Crippen LogP contribution in [-0.2, 0) is 0 Å². The number of carbonyl (C=O) groups is 2. The van der Waals surface area contributed by atoms with Crippen LogP contribution in [0.5, 0.6) is 0 Å². The van der Waals surface area contributed by atoms with Gasteiger partial charge < -0.3 is 4.42 Å². The molecular formula is C20H16O3. The lowest BCUT2D eigenvalue weighted by molar-refractivity contribution is 0.0876. The van der Waals surface area contributed by atoms with E-state index in [4.69, 9.17) is 4.42 Å². The largest absolute Gasteiger partial charge is 0.461 e. The highest BCUT2D eigenvalue weighted by molar-refractivity contribution is 6.04. The molecule has 0 saturated heterocycles. The van der Waals surface area contributed by atoms with Crippen molar-refractivity contribution in [3.05, 3.63) is 95.9 Å². The molecule has 23 heavy (non-hydrogen) atoms. The van der Waals surface area contributed by atoms with Gasteiger partial charge >= 0.3 is 0 Å². The van der Waals surface area contributed by atoms with E-state index in [0.29, 0.717) is 5.56 Å². The van der Waals surface area contributed by atoms with E-state index in [1.165, 1.54) is 6.26 Å². The maximum absolute atomic E-state index is 12.7. The Morgan fingerprint density at radius 3 is 2.09 bits per heavy atom. The molecule has 0 aliphatic carbocycles. The van der Waals surface area contributed by atoms with Crippen molar-refractivity contribution in [2.75, 3.05) is 0 Å². The summed E-state index contributed by atoms with van der Waals surface area (Å²) >= 11 is 0. The van der Waals surface area contributed by atoms with Crippen molar-refractivity contribution < 1.29 is 14.0 Å². The third-order valence-electron chi connectivity index (χ3n) is 3.77. The molecule has 0 amide bonds. The van der Waals surface area contributed by atoms with Crippen LogP contribution in [0.2, 0.25) is 0 Å². The molecule has 1 aromatic heterocycles. The summed E-state index contributed by atoms with van der Waals surface area (Å²) in [5, 5.41) is 0. The number of benzene rings is 2. The van der Waals surface area contributed by atoms with Crippen LogP contribution in [0.15, 0.2) is 83.5 Å². The van der Waals surface area contributed by atoms with Gasteiger partial charge in [-0.2, -0.15) is 0 Å². The average Bonchev–Trinajstić information content (AvgIpc) is 3.15. The van der Waals surface area contributed by atoms with Crippen molar-refractivity contribution in [2.45, 2.75) is 12.3 Å². The van der Waals surface area contributed by atoms with Crippen LogP contribution in [0, 0.1) is 0 Å². The standard InChI is InChI=1S/C20H16O3/c21-18(16-10-5-2-6-11-16)14-17(15-8-3-1-4-9-15)20(22)19-12-7-13-23-19/h1-13,17H,14H2/t17-/m1/s1. The van der Waals surface area contributed by atoms with Crippen LogP contribution in [0.3, 0.4) is 0 Å². The first-order valence-corrected chi connectivity index (χ1v) is 7.46. The first-order valence-electron chi connectivity index (χ1n) is 7.46. The predicted molar refractivity (Wildman–Crippen MR) is 87.6 cm³/mol. The van der Waals surface area contributed by atoms with Crippen molar-refractivity contribution >= 4 is 11.6 Å². The molecule has 0 saturated carbocycles. The van der Waals surface area contributed by atoms with Crippen molar-refractivity contribution in [3.8, 4) is 0 Å². The van der Waals surface area contributed by atoms with Crippen LogP contribution in [0.25, 0.3) is 0 Å².